The molecule has 1 saturated heterocycles. The average Bonchev–Trinajstić information content (AvgIpc) is 2.77. The van der Waals surface area contributed by atoms with Gasteiger partial charge in [0.15, 0.2) is 0 Å². The molecule has 1 atom stereocenters. The smallest absolute Gasteiger partial charge is 0.110 e. The molecule has 1 aromatic rings. The number of nitrogens with one attached hydrogen (secondary N) is 1. The lowest BCUT2D eigenvalue weighted by molar-refractivity contribution is 0.641. The molecule has 1 aliphatic rings. The van der Waals surface area contributed by atoms with Crippen LogP contribution >= 0.6 is 11.3 Å². The molecule has 0 saturated carbocycles. The molecule has 0 aromatic carbocycles. The summed E-state index contributed by atoms with van der Waals surface area (Å²) in [5, 5.41) is 6.82. The topological polar surface area (TPSA) is 24.9 Å². The summed E-state index contributed by atoms with van der Waals surface area (Å²) >= 11 is 1.77. The van der Waals surface area contributed by atoms with Crippen LogP contribution < -0.4 is 5.32 Å². The van der Waals surface area contributed by atoms with Gasteiger partial charge in [0.1, 0.15) is 5.01 Å². The highest BCUT2D eigenvalue weighted by molar-refractivity contribution is 7.09. The van der Waals surface area contributed by atoms with E-state index in [1.165, 1.54) is 17.8 Å². The van der Waals surface area contributed by atoms with Crippen LogP contribution in [0.2, 0.25) is 0 Å². The summed E-state index contributed by atoms with van der Waals surface area (Å²) in [6, 6.07) is 0.550. The van der Waals surface area contributed by atoms with Gasteiger partial charge >= 0.3 is 0 Å². The van der Waals surface area contributed by atoms with Gasteiger partial charge in [-0.15, -0.1) is 11.3 Å². The Balaban J connectivity index is 0.000000396. The molecule has 0 spiro atoms. The molecule has 1 N–H and O–H groups in total. The van der Waals surface area contributed by atoms with Crippen molar-refractivity contribution in [2.45, 2.75) is 39.7 Å². The van der Waals surface area contributed by atoms with Crippen molar-refractivity contribution in [2.75, 3.05) is 6.54 Å². The molecule has 2 heterocycles. The zero-order valence-corrected chi connectivity index (χ0v) is 9.45. The van der Waals surface area contributed by atoms with Gasteiger partial charge in [0, 0.05) is 11.1 Å². The minimum absolute atomic E-state index is 0.550. The highest BCUT2D eigenvalue weighted by atomic mass is 32.1. The van der Waals surface area contributed by atoms with Gasteiger partial charge in [0.2, 0.25) is 0 Å². The maximum atomic E-state index is 4.45. The molecule has 1 aromatic heterocycles. The van der Waals surface area contributed by atoms with Crippen molar-refractivity contribution >= 4 is 11.3 Å². The molecule has 13 heavy (non-hydrogen) atoms. The van der Waals surface area contributed by atoms with E-state index in [0.717, 1.165) is 12.2 Å². The Morgan fingerprint density at radius 1 is 1.54 bits per heavy atom. The van der Waals surface area contributed by atoms with Gasteiger partial charge < -0.3 is 5.32 Å². The van der Waals surface area contributed by atoms with Crippen LogP contribution in [0.25, 0.3) is 0 Å². The summed E-state index contributed by atoms with van der Waals surface area (Å²) < 4.78 is 0. The van der Waals surface area contributed by atoms with Crippen molar-refractivity contribution in [3.05, 3.63) is 16.1 Å². The predicted octanol–water partition coefficient (Wildman–Crippen LogP) is 2.90. The maximum absolute atomic E-state index is 4.45. The molecular formula is C10H18N2S. The van der Waals surface area contributed by atoms with E-state index in [-0.39, 0.29) is 0 Å². The van der Waals surface area contributed by atoms with Crippen molar-refractivity contribution in [1.82, 2.24) is 10.3 Å². The molecule has 1 unspecified atom stereocenters. The number of thiazole rings is 1. The lowest BCUT2D eigenvalue weighted by atomic mass is 10.2. The van der Waals surface area contributed by atoms with Crippen molar-refractivity contribution in [3.63, 3.8) is 0 Å². The zero-order valence-electron chi connectivity index (χ0n) is 8.63. The molecule has 2 nitrogen and oxygen atoms in total. The van der Waals surface area contributed by atoms with Crippen molar-refractivity contribution in [2.24, 2.45) is 0 Å². The third-order valence-electron chi connectivity index (χ3n) is 2.00. The van der Waals surface area contributed by atoms with E-state index in [9.17, 15) is 0 Å². The zero-order chi connectivity index (χ0) is 9.68. The van der Waals surface area contributed by atoms with Crippen LogP contribution in [0.4, 0.5) is 0 Å². The molecule has 2 rings (SSSR count). The Kier molecular flexibility index (Phi) is 4.39. The molecule has 3 heteroatoms. The number of hydrogen-bond acceptors (Lipinski definition) is 3. The van der Waals surface area contributed by atoms with E-state index in [4.69, 9.17) is 0 Å². The second kappa shape index (κ2) is 5.35. The van der Waals surface area contributed by atoms with E-state index in [1.807, 2.05) is 13.8 Å². The lowest BCUT2D eigenvalue weighted by Gasteiger charge is -2.03. The summed E-state index contributed by atoms with van der Waals surface area (Å²) in [6.45, 7) is 7.21. The fourth-order valence-electron chi connectivity index (χ4n) is 1.43. The fourth-order valence-corrected chi connectivity index (χ4v) is 2.33. The van der Waals surface area contributed by atoms with Gasteiger partial charge in [0.25, 0.3) is 0 Å². The summed E-state index contributed by atoms with van der Waals surface area (Å²) in [5.74, 6) is 0. The number of nitrogens with zero attached hydrogens (tertiary/aromatic N) is 1. The van der Waals surface area contributed by atoms with Crippen molar-refractivity contribution in [1.29, 1.82) is 0 Å². The number of hydrogen-bond donors (Lipinski definition) is 1. The lowest BCUT2D eigenvalue weighted by Crippen LogP contribution is -2.12. The Morgan fingerprint density at radius 3 is 2.77 bits per heavy atom. The summed E-state index contributed by atoms with van der Waals surface area (Å²) in [7, 11) is 0. The molecular weight excluding hydrogens is 180 g/mol. The molecule has 0 bridgehead atoms. The Hall–Kier alpha value is -0.410. The van der Waals surface area contributed by atoms with Crippen LogP contribution in [-0.4, -0.2) is 11.5 Å². The van der Waals surface area contributed by atoms with Gasteiger partial charge in [-0.05, 0) is 26.3 Å². The molecule has 0 amide bonds. The minimum Gasteiger partial charge on any atom is -0.308 e. The van der Waals surface area contributed by atoms with Crippen LogP contribution in [0.3, 0.4) is 0 Å². The second-order valence-electron chi connectivity index (χ2n) is 2.98. The van der Waals surface area contributed by atoms with Gasteiger partial charge in [-0.2, -0.15) is 0 Å². The molecule has 1 fully saturated rings. The first-order valence-electron chi connectivity index (χ1n) is 5.01. The number of rotatable bonds is 1. The largest absolute Gasteiger partial charge is 0.308 e. The third kappa shape index (κ3) is 2.78. The van der Waals surface area contributed by atoms with Crippen LogP contribution in [0.1, 0.15) is 43.4 Å². The van der Waals surface area contributed by atoms with Crippen LogP contribution in [0.15, 0.2) is 5.38 Å². The van der Waals surface area contributed by atoms with Gasteiger partial charge in [-0.1, -0.05) is 13.8 Å². The Bertz CT molecular complexity index is 239. The second-order valence-corrected chi connectivity index (χ2v) is 3.87. The standard InChI is InChI=1S/C8H12N2S.C2H6/c1-6-5-11-8(10-6)7-3-2-4-9-7;1-2/h5,7,9H,2-4H2,1H3;1-2H3. The summed E-state index contributed by atoms with van der Waals surface area (Å²) in [5.41, 5.74) is 1.15. The maximum Gasteiger partial charge on any atom is 0.110 e. The van der Waals surface area contributed by atoms with Crippen molar-refractivity contribution < 1.29 is 0 Å². The minimum atomic E-state index is 0.550. The summed E-state index contributed by atoms with van der Waals surface area (Å²) in [4.78, 5) is 4.45. The van der Waals surface area contributed by atoms with Crippen LogP contribution in [0.5, 0.6) is 0 Å². The molecule has 1 aliphatic heterocycles. The normalized spacial score (nSPS) is 21.0. The van der Waals surface area contributed by atoms with Crippen LogP contribution in [0, 0.1) is 6.92 Å². The molecule has 74 valence electrons. The van der Waals surface area contributed by atoms with E-state index in [1.54, 1.807) is 11.3 Å². The van der Waals surface area contributed by atoms with Gasteiger partial charge in [-0.3, -0.25) is 0 Å². The summed E-state index contributed by atoms with van der Waals surface area (Å²) in [6.07, 6.45) is 2.55. The van der Waals surface area contributed by atoms with Crippen LogP contribution in [-0.2, 0) is 0 Å². The first-order chi connectivity index (χ1) is 6.36. The van der Waals surface area contributed by atoms with E-state index in [2.05, 4.69) is 22.6 Å². The van der Waals surface area contributed by atoms with E-state index < -0.39 is 0 Å². The fraction of sp³-hybridized carbons (Fsp3) is 0.700. The Morgan fingerprint density at radius 2 is 2.31 bits per heavy atom. The van der Waals surface area contributed by atoms with E-state index in [0.29, 0.717) is 6.04 Å². The van der Waals surface area contributed by atoms with Gasteiger partial charge in [-0.25, -0.2) is 4.98 Å². The molecule has 0 aliphatic carbocycles. The quantitative estimate of drug-likeness (QED) is 0.750. The first kappa shape index (κ1) is 10.7. The first-order valence-corrected chi connectivity index (χ1v) is 5.89. The van der Waals surface area contributed by atoms with E-state index >= 15 is 0 Å². The predicted molar refractivity (Wildman–Crippen MR) is 58.2 cm³/mol. The molecule has 0 radical (unpaired) electrons. The highest BCUT2D eigenvalue weighted by Crippen LogP contribution is 2.25. The Labute approximate surface area is 84.4 Å². The monoisotopic (exact) mass is 198 g/mol. The number of aryl methyl sites for hydroxylation is 1. The number of aromatic nitrogens is 1. The average molecular weight is 198 g/mol. The van der Waals surface area contributed by atoms with Crippen molar-refractivity contribution in [3.8, 4) is 0 Å². The van der Waals surface area contributed by atoms with Gasteiger partial charge in [0.05, 0.1) is 6.04 Å². The third-order valence-corrected chi connectivity index (χ3v) is 3.07. The SMILES string of the molecule is CC.Cc1csc(C2CCCN2)n1. The highest BCUT2D eigenvalue weighted by Gasteiger charge is 2.18.